The highest BCUT2D eigenvalue weighted by atomic mass is 16.2. The van der Waals surface area contributed by atoms with Gasteiger partial charge in [0.2, 0.25) is 11.8 Å². The van der Waals surface area contributed by atoms with Crippen LogP contribution < -0.4 is 5.32 Å². The number of carbonyl (C=O) groups is 2. The van der Waals surface area contributed by atoms with E-state index in [1.165, 1.54) is 18.5 Å². The molecule has 0 aromatic heterocycles. The Hall–Kier alpha value is -2.18. The lowest BCUT2D eigenvalue weighted by atomic mass is 10.0. The molecule has 3 rings (SSSR count). The normalized spacial score (nSPS) is 17.8. The van der Waals surface area contributed by atoms with Crippen LogP contribution in [0.15, 0.2) is 36.0 Å². The molecule has 1 aliphatic carbocycles. The molecule has 0 unspecified atom stereocenters. The molecular formula is C25H38N4O2. The van der Waals surface area contributed by atoms with Gasteiger partial charge in [0.05, 0.1) is 13.1 Å². The van der Waals surface area contributed by atoms with E-state index in [0.717, 1.165) is 69.7 Å². The van der Waals surface area contributed by atoms with Crippen molar-refractivity contribution in [2.24, 2.45) is 0 Å². The Bertz CT molecular complexity index is 769. The van der Waals surface area contributed by atoms with Crippen LogP contribution in [-0.2, 0) is 16.0 Å². The summed E-state index contributed by atoms with van der Waals surface area (Å²) in [6.45, 7) is 9.18. The number of rotatable bonds is 9. The molecule has 2 amide bonds. The molecule has 1 aromatic carbocycles. The van der Waals surface area contributed by atoms with Gasteiger partial charge in [-0.1, -0.05) is 38.1 Å². The summed E-state index contributed by atoms with van der Waals surface area (Å²) in [5.74, 6) is 0.251. The second-order valence-electron chi connectivity index (χ2n) is 8.60. The first-order valence-electron chi connectivity index (χ1n) is 11.9. The second kappa shape index (κ2) is 12.0. The molecule has 0 atom stereocenters. The number of para-hydroxylation sites is 1. The van der Waals surface area contributed by atoms with Crippen molar-refractivity contribution in [3.8, 4) is 0 Å². The average Bonchev–Trinajstić information content (AvgIpc) is 2.79. The largest absolute Gasteiger partial charge is 0.325 e. The molecule has 6 heteroatoms. The zero-order chi connectivity index (χ0) is 22.1. The number of hydrogen-bond donors (Lipinski definition) is 1. The Labute approximate surface area is 187 Å². The topological polar surface area (TPSA) is 55.9 Å². The standard InChI is InChI=1S/C25H38N4O2/c1-3-14-29(22-11-6-5-7-12-22)25(31)20-28-17-15-27(16-18-28)19-24(30)26-23-13-9-8-10-21(23)4-2/h8-11,13H,3-7,12,14-20H2,1-2H3,(H,26,30). The van der Waals surface area contributed by atoms with Gasteiger partial charge in [-0.25, -0.2) is 0 Å². The van der Waals surface area contributed by atoms with Crippen LogP contribution in [-0.4, -0.2) is 72.3 Å². The molecule has 1 fully saturated rings. The maximum Gasteiger partial charge on any atom is 0.240 e. The van der Waals surface area contributed by atoms with Crippen molar-refractivity contribution in [1.29, 1.82) is 0 Å². The minimum absolute atomic E-state index is 0.0313. The minimum Gasteiger partial charge on any atom is -0.325 e. The summed E-state index contributed by atoms with van der Waals surface area (Å²) in [4.78, 5) is 31.9. The van der Waals surface area contributed by atoms with E-state index >= 15 is 0 Å². The molecule has 0 bridgehead atoms. The highest BCUT2D eigenvalue weighted by Crippen LogP contribution is 2.22. The van der Waals surface area contributed by atoms with Crippen LogP contribution >= 0.6 is 0 Å². The number of benzene rings is 1. The summed E-state index contributed by atoms with van der Waals surface area (Å²) in [7, 11) is 0. The summed E-state index contributed by atoms with van der Waals surface area (Å²) < 4.78 is 0. The number of piperazine rings is 1. The van der Waals surface area contributed by atoms with Crippen LogP contribution in [0.2, 0.25) is 0 Å². The fraction of sp³-hybridized carbons (Fsp3) is 0.600. The van der Waals surface area contributed by atoms with Gasteiger partial charge < -0.3 is 10.2 Å². The SMILES string of the molecule is CCCN(C(=O)CN1CCN(CC(=O)Nc2ccccc2CC)CC1)C1=CCCCC1. The van der Waals surface area contributed by atoms with E-state index in [1.54, 1.807) is 0 Å². The highest BCUT2D eigenvalue weighted by Gasteiger charge is 2.24. The quantitative estimate of drug-likeness (QED) is 0.657. The van der Waals surface area contributed by atoms with Gasteiger partial charge in [-0.15, -0.1) is 0 Å². The monoisotopic (exact) mass is 426 g/mol. The van der Waals surface area contributed by atoms with Gasteiger partial charge in [0.15, 0.2) is 0 Å². The molecule has 1 aromatic rings. The van der Waals surface area contributed by atoms with E-state index in [2.05, 4.69) is 41.1 Å². The van der Waals surface area contributed by atoms with Crippen molar-refractivity contribution in [2.45, 2.75) is 52.4 Å². The first-order valence-corrected chi connectivity index (χ1v) is 11.9. The zero-order valence-corrected chi connectivity index (χ0v) is 19.2. The van der Waals surface area contributed by atoms with Crippen molar-refractivity contribution in [2.75, 3.05) is 51.1 Å². The molecule has 2 aliphatic rings. The molecule has 1 aliphatic heterocycles. The molecule has 6 nitrogen and oxygen atoms in total. The molecule has 31 heavy (non-hydrogen) atoms. The zero-order valence-electron chi connectivity index (χ0n) is 19.2. The van der Waals surface area contributed by atoms with Gasteiger partial charge in [-0.3, -0.25) is 19.4 Å². The van der Waals surface area contributed by atoms with Gasteiger partial charge >= 0.3 is 0 Å². The molecule has 1 heterocycles. The second-order valence-corrected chi connectivity index (χ2v) is 8.60. The van der Waals surface area contributed by atoms with Crippen LogP contribution in [0.5, 0.6) is 0 Å². The van der Waals surface area contributed by atoms with Crippen molar-refractivity contribution < 1.29 is 9.59 Å². The van der Waals surface area contributed by atoms with Crippen LogP contribution in [0.4, 0.5) is 5.69 Å². The number of allylic oxidation sites excluding steroid dienone is 2. The van der Waals surface area contributed by atoms with Gasteiger partial charge in [0, 0.05) is 44.1 Å². The minimum atomic E-state index is 0.0313. The van der Waals surface area contributed by atoms with Gasteiger partial charge in [0.1, 0.15) is 0 Å². The molecule has 0 spiro atoms. The lowest BCUT2D eigenvalue weighted by molar-refractivity contribution is -0.131. The summed E-state index contributed by atoms with van der Waals surface area (Å²) in [5, 5.41) is 3.06. The predicted octanol–water partition coefficient (Wildman–Crippen LogP) is 3.50. The maximum absolute atomic E-state index is 13.0. The van der Waals surface area contributed by atoms with Crippen molar-refractivity contribution in [1.82, 2.24) is 14.7 Å². The van der Waals surface area contributed by atoms with Crippen molar-refractivity contribution >= 4 is 17.5 Å². The Kier molecular flexibility index (Phi) is 9.10. The van der Waals surface area contributed by atoms with Gasteiger partial charge in [-0.2, -0.15) is 0 Å². The maximum atomic E-state index is 13.0. The number of nitrogens with zero attached hydrogens (tertiary/aromatic N) is 3. The number of carbonyl (C=O) groups excluding carboxylic acids is 2. The molecule has 0 saturated carbocycles. The van der Waals surface area contributed by atoms with Gasteiger partial charge in [-0.05, 0) is 50.2 Å². The lowest BCUT2D eigenvalue weighted by Gasteiger charge is -2.35. The van der Waals surface area contributed by atoms with E-state index in [1.807, 2.05) is 23.1 Å². The summed E-state index contributed by atoms with van der Waals surface area (Å²) in [5.41, 5.74) is 3.29. The number of aryl methyl sites for hydroxylation is 1. The van der Waals surface area contributed by atoms with Crippen molar-refractivity contribution in [3.05, 3.63) is 41.6 Å². The Balaban J connectivity index is 1.45. The van der Waals surface area contributed by atoms with Gasteiger partial charge in [0.25, 0.3) is 0 Å². The Morgan fingerprint density at radius 1 is 1.00 bits per heavy atom. The number of nitrogens with one attached hydrogen (secondary N) is 1. The average molecular weight is 427 g/mol. The summed E-state index contributed by atoms with van der Waals surface area (Å²) in [6, 6.07) is 7.97. The lowest BCUT2D eigenvalue weighted by Crippen LogP contribution is -2.51. The molecular weight excluding hydrogens is 388 g/mol. The molecule has 170 valence electrons. The van der Waals surface area contributed by atoms with Crippen LogP contribution in [0.25, 0.3) is 0 Å². The predicted molar refractivity (Wildman–Crippen MR) is 126 cm³/mol. The summed E-state index contributed by atoms with van der Waals surface area (Å²) in [6.07, 6.45) is 8.66. The first kappa shape index (κ1) is 23.5. The number of hydrogen-bond acceptors (Lipinski definition) is 4. The fourth-order valence-electron chi connectivity index (χ4n) is 4.44. The number of anilines is 1. The van der Waals surface area contributed by atoms with E-state index in [9.17, 15) is 9.59 Å². The molecule has 1 N–H and O–H groups in total. The Morgan fingerprint density at radius 3 is 2.35 bits per heavy atom. The Morgan fingerprint density at radius 2 is 1.71 bits per heavy atom. The smallest absolute Gasteiger partial charge is 0.240 e. The third-order valence-corrected chi connectivity index (χ3v) is 6.23. The van der Waals surface area contributed by atoms with Crippen molar-refractivity contribution in [3.63, 3.8) is 0 Å². The van der Waals surface area contributed by atoms with E-state index in [0.29, 0.717) is 13.1 Å². The number of amides is 2. The molecule has 1 saturated heterocycles. The van der Waals surface area contributed by atoms with Crippen LogP contribution in [0.3, 0.4) is 0 Å². The van der Waals surface area contributed by atoms with E-state index in [4.69, 9.17) is 0 Å². The third-order valence-electron chi connectivity index (χ3n) is 6.23. The molecule has 0 radical (unpaired) electrons. The van der Waals surface area contributed by atoms with Crippen LogP contribution in [0.1, 0.15) is 51.5 Å². The fourth-order valence-corrected chi connectivity index (χ4v) is 4.44. The third kappa shape index (κ3) is 6.91. The van der Waals surface area contributed by atoms with E-state index in [-0.39, 0.29) is 11.8 Å². The first-order chi connectivity index (χ1) is 15.1. The van der Waals surface area contributed by atoms with E-state index < -0.39 is 0 Å². The van der Waals surface area contributed by atoms with Crippen LogP contribution in [0, 0.1) is 0 Å². The summed E-state index contributed by atoms with van der Waals surface area (Å²) >= 11 is 0. The highest BCUT2D eigenvalue weighted by molar-refractivity contribution is 5.93.